The minimum absolute atomic E-state index is 0.129. The Balaban J connectivity index is 1.65. The molecule has 2 aromatic rings. The summed E-state index contributed by atoms with van der Waals surface area (Å²) in [5, 5.41) is 1.30. The molecular weight excluding hydrogens is 391 g/mol. The highest BCUT2D eigenvalue weighted by molar-refractivity contribution is 5.67. The molecule has 30 heavy (non-hydrogen) atoms. The molecule has 1 aromatic carbocycles. The number of amides is 2. The Morgan fingerprint density at radius 2 is 2.23 bits per heavy atom. The number of benzene rings is 1. The summed E-state index contributed by atoms with van der Waals surface area (Å²) in [6, 6.07) is 7.95. The number of carbonyl (C=O) groups is 2. The minimum atomic E-state index is -0.467. The van der Waals surface area contributed by atoms with Crippen LogP contribution in [0.3, 0.4) is 0 Å². The van der Waals surface area contributed by atoms with E-state index in [1.54, 1.807) is 23.2 Å². The molecule has 1 atom stereocenters. The van der Waals surface area contributed by atoms with E-state index in [-0.39, 0.29) is 12.6 Å². The van der Waals surface area contributed by atoms with E-state index in [1.165, 1.54) is 24.3 Å². The third-order valence-electron chi connectivity index (χ3n) is 4.71. The quantitative estimate of drug-likeness (QED) is 0.552. The van der Waals surface area contributed by atoms with Crippen molar-refractivity contribution < 1.29 is 23.5 Å². The number of nitrogens with zero attached hydrogens (tertiary/aromatic N) is 3. The normalized spacial score (nSPS) is 16.0. The van der Waals surface area contributed by atoms with Gasteiger partial charge in [-0.1, -0.05) is 0 Å². The van der Waals surface area contributed by atoms with E-state index in [0.29, 0.717) is 36.5 Å². The number of anilines is 1. The number of piperidine rings is 1. The topological polar surface area (TPSA) is 84.0 Å². The summed E-state index contributed by atoms with van der Waals surface area (Å²) in [6.07, 6.45) is 3.10. The van der Waals surface area contributed by atoms with Crippen LogP contribution in [0.1, 0.15) is 24.1 Å². The molecule has 2 amide bonds. The second kappa shape index (κ2) is 9.91. The molecule has 0 spiro atoms. The maximum absolute atomic E-state index is 14.2. The molecule has 2 heterocycles. The lowest BCUT2D eigenvalue weighted by molar-refractivity contribution is -0.117. The molecule has 1 aromatic heterocycles. The summed E-state index contributed by atoms with van der Waals surface area (Å²) in [5.41, 5.74) is 5.00. The van der Waals surface area contributed by atoms with Gasteiger partial charge in [-0.2, -0.15) is 0 Å². The van der Waals surface area contributed by atoms with Crippen LogP contribution in [-0.2, 0) is 16.1 Å². The summed E-state index contributed by atoms with van der Waals surface area (Å²) in [4.78, 5) is 28.9. The number of hydrazine groups is 1. The summed E-state index contributed by atoms with van der Waals surface area (Å²) < 4.78 is 24.8. The van der Waals surface area contributed by atoms with Gasteiger partial charge in [0.15, 0.2) is 0 Å². The molecule has 160 valence electrons. The molecule has 0 aliphatic carbocycles. The number of halogens is 1. The molecule has 3 rings (SSSR count). The number of aryl methyl sites for hydroxylation is 1. The molecule has 0 radical (unpaired) electrons. The van der Waals surface area contributed by atoms with Gasteiger partial charge in [0, 0.05) is 18.3 Å². The number of hydrogen-bond donors (Lipinski definition) is 1. The molecular formula is C21H25FN4O4. The molecule has 1 aliphatic rings. The van der Waals surface area contributed by atoms with Crippen molar-refractivity contribution in [3.63, 3.8) is 0 Å². The molecule has 0 unspecified atom stereocenters. The van der Waals surface area contributed by atoms with Gasteiger partial charge < -0.3 is 14.4 Å². The van der Waals surface area contributed by atoms with Gasteiger partial charge in [0.05, 0.1) is 32.1 Å². The second-order valence-corrected chi connectivity index (χ2v) is 7.13. The Hall–Kier alpha value is -3.36. The Kier molecular flexibility index (Phi) is 7.05. The van der Waals surface area contributed by atoms with Crippen LogP contribution in [0.4, 0.5) is 14.9 Å². The van der Waals surface area contributed by atoms with Crippen molar-refractivity contribution in [2.45, 2.75) is 32.4 Å². The first-order valence-corrected chi connectivity index (χ1v) is 9.67. The number of rotatable bonds is 7. The number of likely N-dealkylation sites (tertiary alicyclic amines) is 1. The number of carbonyl (C=O) groups excluding carboxylic acids is 2. The SMILES string of the molecule is COC(=O)N1CCC[C@@H](Oc2cc(F)cc(CN(C=O)Nc3ccc(C)nc3)c2)C1. The first-order chi connectivity index (χ1) is 14.5. The standard InChI is InChI=1S/C21H25FN4O4/c1-15-5-6-18(11-23-15)24-26(14-27)12-16-8-17(22)10-20(9-16)30-19-4-3-7-25(13-19)21(28)29-2/h5-6,8-11,14,19,24H,3-4,7,12-13H2,1-2H3/t19-/m1/s1. The molecule has 0 saturated carbocycles. The van der Waals surface area contributed by atoms with Crippen LogP contribution < -0.4 is 10.2 Å². The fourth-order valence-electron chi connectivity index (χ4n) is 3.30. The van der Waals surface area contributed by atoms with E-state index in [1.807, 2.05) is 13.0 Å². The van der Waals surface area contributed by atoms with Crippen molar-refractivity contribution in [2.75, 3.05) is 25.6 Å². The molecule has 8 nitrogen and oxygen atoms in total. The van der Waals surface area contributed by atoms with E-state index < -0.39 is 11.9 Å². The highest BCUT2D eigenvalue weighted by atomic mass is 19.1. The summed E-state index contributed by atoms with van der Waals surface area (Å²) in [6.45, 7) is 2.98. The number of pyridine rings is 1. The van der Waals surface area contributed by atoms with Crippen molar-refractivity contribution in [1.82, 2.24) is 14.9 Å². The largest absolute Gasteiger partial charge is 0.488 e. The van der Waals surface area contributed by atoms with Crippen molar-refractivity contribution in [3.8, 4) is 5.75 Å². The monoisotopic (exact) mass is 416 g/mol. The van der Waals surface area contributed by atoms with Crippen molar-refractivity contribution in [1.29, 1.82) is 0 Å². The number of methoxy groups -OCH3 is 1. The van der Waals surface area contributed by atoms with Gasteiger partial charge in [-0.15, -0.1) is 0 Å². The molecule has 9 heteroatoms. The predicted molar refractivity (Wildman–Crippen MR) is 108 cm³/mol. The lowest BCUT2D eigenvalue weighted by Gasteiger charge is -2.32. The zero-order chi connectivity index (χ0) is 21.5. The van der Waals surface area contributed by atoms with Crippen LogP contribution in [0.15, 0.2) is 36.5 Å². The number of ether oxygens (including phenoxy) is 2. The summed E-state index contributed by atoms with van der Waals surface area (Å²) in [7, 11) is 1.34. The lowest BCUT2D eigenvalue weighted by atomic mass is 10.1. The zero-order valence-corrected chi connectivity index (χ0v) is 17.0. The molecule has 1 aliphatic heterocycles. The first kappa shape index (κ1) is 21.4. The number of hydrogen-bond acceptors (Lipinski definition) is 6. The highest BCUT2D eigenvalue weighted by Crippen LogP contribution is 2.22. The fourth-order valence-corrected chi connectivity index (χ4v) is 3.30. The van der Waals surface area contributed by atoms with Gasteiger partial charge in [-0.05, 0) is 49.6 Å². The first-order valence-electron chi connectivity index (χ1n) is 9.67. The molecule has 1 saturated heterocycles. The van der Waals surface area contributed by atoms with Crippen molar-refractivity contribution in [3.05, 3.63) is 53.6 Å². The fraction of sp³-hybridized carbons (Fsp3) is 0.381. The third-order valence-corrected chi connectivity index (χ3v) is 4.71. The maximum atomic E-state index is 14.2. The Bertz CT molecular complexity index is 878. The van der Waals surface area contributed by atoms with E-state index in [4.69, 9.17) is 9.47 Å². The van der Waals surface area contributed by atoms with E-state index in [2.05, 4.69) is 10.4 Å². The number of nitrogens with one attached hydrogen (secondary N) is 1. The zero-order valence-electron chi connectivity index (χ0n) is 17.0. The van der Waals surface area contributed by atoms with Crippen molar-refractivity contribution in [2.24, 2.45) is 0 Å². The van der Waals surface area contributed by atoms with E-state index in [9.17, 15) is 14.0 Å². The smallest absolute Gasteiger partial charge is 0.409 e. The van der Waals surface area contributed by atoms with E-state index >= 15 is 0 Å². The van der Waals surface area contributed by atoms with Crippen LogP contribution in [-0.4, -0.2) is 53.7 Å². The average Bonchev–Trinajstić information content (AvgIpc) is 2.74. The van der Waals surface area contributed by atoms with Crippen LogP contribution in [0.5, 0.6) is 5.75 Å². The second-order valence-electron chi connectivity index (χ2n) is 7.13. The summed E-state index contributed by atoms with van der Waals surface area (Å²) >= 11 is 0. The Labute approximate surface area is 174 Å². The van der Waals surface area contributed by atoms with Gasteiger partial charge in [-0.25, -0.2) is 9.18 Å². The van der Waals surface area contributed by atoms with Crippen LogP contribution in [0.25, 0.3) is 0 Å². The average molecular weight is 416 g/mol. The minimum Gasteiger partial charge on any atom is -0.488 e. The Morgan fingerprint density at radius 3 is 2.93 bits per heavy atom. The van der Waals surface area contributed by atoms with Crippen LogP contribution >= 0.6 is 0 Å². The number of aromatic nitrogens is 1. The van der Waals surface area contributed by atoms with Crippen molar-refractivity contribution >= 4 is 18.2 Å². The highest BCUT2D eigenvalue weighted by Gasteiger charge is 2.25. The maximum Gasteiger partial charge on any atom is 0.409 e. The lowest BCUT2D eigenvalue weighted by Crippen LogP contribution is -2.44. The van der Waals surface area contributed by atoms with E-state index in [0.717, 1.165) is 18.5 Å². The van der Waals surface area contributed by atoms with Gasteiger partial charge in [-0.3, -0.25) is 20.2 Å². The molecule has 1 fully saturated rings. The van der Waals surface area contributed by atoms with Crippen LogP contribution in [0.2, 0.25) is 0 Å². The van der Waals surface area contributed by atoms with Gasteiger partial charge in [0.1, 0.15) is 17.7 Å². The van der Waals surface area contributed by atoms with Crippen LogP contribution in [0, 0.1) is 12.7 Å². The third kappa shape index (κ3) is 5.82. The summed E-state index contributed by atoms with van der Waals surface area (Å²) in [5.74, 6) is -0.115. The molecule has 0 bridgehead atoms. The van der Waals surface area contributed by atoms with Gasteiger partial charge in [0.2, 0.25) is 6.41 Å². The Morgan fingerprint density at radius 1 is 1.40 bits per heavy atom. The van der Waals surface area contributed by atoms with Gasteiger partial charge >= 0.3 is 6.09 Å². The predicted octanol–water partition coefficient (Wildman–Crippen LogP) is 3.12. The molecule has 1 N–H and O–H groups in total. The van der Waals surface area contributed by atoms with Gasteiger partial charge in [0.25, 0.3) is 0 Å².